The average Bonchev–Trinajstić information content (AvgIpc) is 2.90. The molecule has 0 aliphatic carbocycles. The molecule has 0 aliphatic rings. The number of thiazole rings is 1. The lowest BCUT2D eigenvalue weighted by Gasteiger charge is -2.23. The molecule has 6 heteroatoms. The molecule has 1 N–H and O–H groups in total. The van der Waals surface area contributed by atoms with Gasteiger partial charge in [0.05, 0.1) is 5.69 Å². The van der Waals surface area contributed by atoms with Crippen molar-refractivity contribution in [1.82, 2.24) is 14.7 Å². The van der Waals surface area contributed by atoms with E-state index in [0.717, 1.165) is 21.4 Å². The second-order valence-electron chi connectivity index (χ2n) is 6.23. The Bertz CT molecular complexity index is 899. The molecular formula is C18H20ClN3OS. The highest BCUT2D eigenvalue weighted by molar-refractivity contribution is 7.15. The predicted octanol–water partition coefficient (Wildman–Crippen LogP) is 4.20. The third kappa shape index (κ3) is 3.53. The van der Waals surface area contributed by atoms with Gasteiger partial charge in [0.25, 0.3) is 5.56 Å². The van der Waals surface area contributed by atoms with Crippen molar-refractivity contribution < 1.29 is 0 Å². The Kier molecular flexibility index (Phi) is 5.04. The molecule has 0 bridgehead atoms. The first-order chi connectivity index (χ1) is 11.5. The molecule has 0 fully saturated rings. The topological polar surface area (TPSA) is 46.4 Å². The normalized spacial score (nSPS) is 12.9. The monoisotopic (exact) mass is 361 g/mol. The van der Waals surface area contributed by atoms with Gasteiger partial charge < -0.3 is 5.32 Å². The number of nitrogens with one attached hydrogen (secondary N) is 1. The van der Waals surface area contributed by atoms with Crippen molar-refractivity contribution in [2.75, 3.05) is 0 Å². The zero-order valence-electron chi connectivity index (χ0n) is 13.9. The summed E-state index contributed by atoms with van der Waals surface area (Å²) in [5, 5.41) is 6.20. The molecule has 126 valence electrons. The van der Waals surface area contributed by atoms with Crippen molar-refractivity contribution in [1.29, 1.82) is 0 Å². The van der Waals surface area contributed by atoms with Crippen molar-refractivity contribution in [2.45, 2.75) is 33.4 Å². The summed E-state index contributed by atoms with van der Waals surface area (Å²) >= 11 is 7.47. The van der Waals surface area contributed by atoms with Gasteiger partial charge in [-0.3, -0.25) is 9.20 Å². The van der Waals surface area contributed by atoms with Crippen molar-refractivity contribution in [2.24, 2.45) is 5.92 Å². The lowest BCUT2D eigenvalue weighted by Crippen LogP contribution is -2.27. The van der Waals surface area contributed by atoms with E-state index in [1.165, 1.54) is 16.9 Å². The summed E-state index contributed by atoms with van der Waals surface area (Å²) in [6, 6.07) is 9.66. The van der Waals surface area contributed by atoms with E-state index in [2.05, 4.69) is 24.1 Å². The van der Waals surface area contributed by atoms with Crippen LogP contribution in [0.3, 0.4) is 0 Å². The van der Waals surface area contributed by atoms with Gasteiger partial charge in [-0.1, -0.05) is 37.6 Å². The summed E-state index contributed by atoms with van der Waals surface area (Å²) in [4.78, 5) is 17.6. The molecule has 2 aromatic heterocycles. The van der Waals surface area contributed by atoms with E-state index < -0.39 is 0 Å². The number of hydrogen-bond donors (Lipinski definition) is 1. The fourth-order valence-electron chi connectivity index (χ4n) is 2.81. The summed E-state index contributed by atoms with van der Waals surface area (Å²) in [5.74, 6) is 0.403. The molecule has 3 rings (SSSR count). The van der Waals surface area contributed by atoms with Gasteiger partial charge in [-0.15, -0.1) is 11.3 Å². The van der Waals surface area contributed by atoms with E-state index >= 15 is 0 Å². The molecular weight excluding hydrogens is 342 g/mol. The molecule has 0 saturated carbocycles. The summed E-state index contributed by atoms with van der Waals surface area (Å²) in [6.07, 6.45) is 0. The number of nitrogens with zero attached hydrogens (tertiary/aromatic N) is 2. The Morgan fingerprint density at radius 3 is 2.67 bits per heavy atom. The van der Waals surface area contributed by atoms with E-state index in [0.29, 0.717) is 12.5 Å². The first-order valence-corrected chi connectivity index (χ1v) is 9.17. The summed E-state index contributed by atoms with van der Waals surface area (Å²) in [7, 11) is 0. The van der Waals surface area contributed by atoms with Gasteiger partial charge >= 0.3 is 0 Å². The van der Waals surface area contributed by atoms with E-state index in [1.54, 1.807) is 10.5 Å². The fraction of sp³-hybridized carbons (Fsp3) is 0.333. The molecule has 0 saturated heterocycles. The minimum Gasteiger partial charge on any atom is -0.304 e. The van der Waals surface area contributed by atoms with Crippen molar-refractivity contribution >= 4 is 27.9 Å². The Morgan fingerprint density at radius 2 is 2.00 bits per heavy atom. The van der Waals surface area contributed by atoms with Crippen LogP contribution in [0.15, 0.2) is 40.5 Å². The number of aryl methyl sites for hydroxylation is 1. The Hall–Kier alpha value is -1.69. The van der Waals surface area contributed by atoms with Gasteiger partial charge in [0, 0.05) is 34.7 Å². The van der Waals surface area contributed by atoms with E-state index in [1.807, 2.05) is 36.6 Å². The highest BCUT2D eigenvalue weighted by Crippen LogP contribution is 2.23. The van der Waals surface area contributed by atoms with Gasteiger partial charge in [0.1, 0.15) is 0 Å². The number of rotatable bonds is 5. The Balaban J connectivity index is 1.82. The molecule has 0 aliphatic heterocycles. The first kappa shape index (κ1) is 17.1. The molecule has 1 atom stereocenters. The number of fused-ring (bicyclic) bond motifs is 1. The molecule has 3 aromatic rings. The van der Waals surface area contributed by atoms with Crippen molar-refractivity contribution in [3.63, 3.8) is 0 Å². The number of benzene rings is 1. The van der Waals surface area contributed by atoms with Crippen LogP contribution in [0, 0.1) is 12.8 Å². The van der Waals surface area contributed by atoms with E-state index in [9.17, 15) is 4.79 Å². The van der Waals surface area contributed by atoms with Crippen molar-refractivity contribution in [3.05, 3.63) is 68.0 Å². The standard InChI is InChI=1S/C18H20ClN3OS/c1-11(2)17(13-4-6-14(19)7-5-13)20-9-15-8-16(23)22-12(3)10-24-18(22)21-15/h4-8,10-11,17,20H,9H2,1-3H3/t17-/m0/s1. The largest absolute Gasteiger partial charge is 0.304 e. The third-order valence-electron chi connectivity index (χ3n) is 4.03. The summed E-state index contributed by atoms with van der Waals surface area (Å²) in [5.41, 5.74) is 2.84. The molecule has 0 unspecified atom stereocenters. The van der Waals surface area contributed by atoms with Crippen LogP contribution in [-0.4, -0.2) is 9.38 Å². The molecule has 24 heavy (non-hydrogen) atoms. The van der Waals surface area contributed by atoms with Crippen LogP contribution in [0.4, 0.5) is 0 Å². The van der Waals surface area contributed by atoms with Crippen LogP contribution < -0.4 is 10.9 Å². The fourth-order valence-corrected chi connectivity index (χ4v) is 3.83. The molecule has 4 nitrogen and oxygen atoms in total. The van der Waals surface area contributed by atoms with Gasteiger partial charge in [0.15, 0.2) is 4.96 Å². The van der Waals surface area contributed by atoms with Crippen LogP contribution in [0.1, 0.15) is 36.8 Å². The van der Waals surface area contributed by atoms with E-state index in [-0.39, 0.29) is 11.6 Å². The van der Waals surface area contributed by atoms with Crippen LogP contribution in [-0.2, 0) is 6.54 Å². The highest BCUT2D eigenvalue weighted by atomic mass is 35.5. The lowest BCUT2D eigenvalue weighted by atomic mass is 9.96. The maximum absolute atomic E-state index is 12.3. The maximum Gasteiger partial charge on any atom is 0.259 e. The first-order valence-electron chi connectivity index (χ1n) is 7.91. The smallest absolute Gasteiger partial charge is 0.259 e. The van der Waals surface area contributed by atoms with Crippen LogP contribution in [0.2, 0.25) is 5.02 Å². The molecule has 1 aromatic carbocycles. The second-order valence-corrected chi connectivity index (χ2v) is 7.51. The molecule has 2 heterocycles. The number of halogens is 1. The van der Waals surface area contributed by atoms with Gasteiger partial charge in [0.2, 0.25) is 0 Å². The van der Waals surface area contributed by atoms with Crippen LogP contribution in [0.5, 0.6) is 0 Å². The van der Waals surface area contributed by atoms with E-state index in [4.69, 9.17) is 11.6 Å². The zero-order valence-corrected chi connectivity index (χ0v) is 15.5. The SMILES string of the molecule is Cc1csc2nc(CN[C@H](c3ccc(Cl)cc3)C(C)C)cc(=O)n12. The zero-order chi connectivity index (χ0) is 17.3. The Labute approximate surface area is 150 Å². The quantitative estimate of drug-likeness (QED) is 0.740. The Morgan fingerprint density at radius 1 is 1.29 bits per heavy atom. The minimum absolute atomic E-state index is 0.0249. The van der Waals surface area contributed by atoms with Crippen LogP contribution >= 0.6 is 22.9 Å². The predicted molar refractivity (Wildman–Crippen MR) is 99.9 cm³/mol. The second kappa shape index (κ2) is 7.05. The highest BCUT2D eigenvalue weighted by Gasteiger charge is 2.16. The van der Waals surface area contributed by atoms with Gasteiger partial charge in [-0.25, -0.2) is 4.98 Å². The van der Waals surface area contributed by atoms with Gasteiger partial charge in [-0.05, 0) is 30.5 Å². The van der Waals surface area contributed by atoms with Gasteiger partial charge in [-0.2, -0.15) is 0 Å². The molecule has 0 radical (unpaired) electrons. The minimum atomic E-state index is -0.0249. The number of hydrogen-bond acceptors (Lipinski definition) is 4. The molecule has 0 amide bonds. The summed E-state index contributed by atoms with van der Waals surface area (Å²) < 4.78 is 1.65. The maximum atomic E-state index is 12.3. The average molecular weight is 362 g/mol. The lowest BCUT2D eigenvalue weighted by molar-refractivity contribution is 0.408. The number of aromatic nitrogens is 2. The third-order valence-corrected chi connectivity index (χ3v) is 5.22. The molecule has 0 spiro atoms. The van der Waals surface area contributed by atoms with Crippen molar-refractivity contribution in [3.8, 4) is 0 Å². The summed E-state index contributed by atoms with van der Waals surface area (Å²) in [6.45, 7) is 6.80. The van der Waals surface area contributed by atoms with Crippen LogP contribution in [0.25, 0.3) is 4.96 Å².